The molecular weight excluding hydrogens is 275 g/mol. The predicted octanol–water partition coefficient (Wildman–Crippen LogP) is 2.87. The molecule has 0 N–H and O–H groups in total. The van der Waals surface area contributed by atoms with E-state index in [9.17, 15) is 3.83 Å². The summed E-state index contributed by atoms with van der Waals surface area (Å²) in [5.74, 6) is 0. The first kappa shape index (κ1) is 11.3. The maximum absolute atomic E-state index is 12.3. The number of hydrogen-bond donors (Lipinski definition) is 0. The van der Waals surface area contributed by atoms with Crippen molar-refractivity contribution in [3.8, 4) is 0 Å². The Balaban J connectivity index is 2.13. The van der Waals surface area contributed by atoms with Crippen LogP contribution in [0.5, 0.6) is 0 Å². The maximum atomic E-state index is 12.3. The standard InChI is InChI=1S/C12H15ClOSe/c13-11-8-4-5-9-12(11)15(14)10-6-2-1-3-7-10/h1-3,6-7,11-12H,4-5,8-9H2/t11-,12-,15?/m1/s1. The van der Waals surface area contributed by atoms with E-state index in [0.717, 1.165) is 17.3 Å². The molecule has 1 aliphatic rings. The van der Waals surface area contributed by atoms with Crippen LogP contribution in [-0.4, -0.2) is 19.2 Å². The van der Waals surface area contributed by atoms with E-state index in [4.69, 9.17) is 11.6 Å². The average molecular weight is 290 g/mol. The number of benzene rings is 1. The van der Waals surface area contributed by atoms with Gasteiger partial charge in [-0.15, -0.1) is 0 Å². The SMILES string of the molecule is O=[Se](c1ccccc1)[C@@H]1CCCC[C@H]1Cl. The van der Waals surface area contributed by atoms with E-state index in [2.05, 4.69) is 0 Å². The fourth-order valence-electron chi connectivity index (χ4n) is 2.02. The molecule has 3 atom stereocenters. The monoisotopic (exact) mass is 290 g/mol. The van der Waals surface area contributed by atoms with Gasteiger partial charge in [0.15, 0.2) is 0 Å². The van der Waals surface area contributed by atoms with Gasteiger partial charge in [0, 0.05) is 0 Å². The first-order valence-electron chi connectivity index (χ1n) is 5.39. The van der Waals surface area contributed by atoms with Crippen molar-refractivity contribution in [1.29, 1.82) is 0 Å². The zero-order chi connectivity index (χ0) is 10.7. The molecule has 0 bridgehead atoms. The topological polar surface area (TPSA) is 17.1 Å². The summed E-state index contributed by atoms with van der Waals surface area (Å²) in [6, 6.07) is 9.80. The summed E-state index contributed by atoms with van der Waals surface area (Å²) < 4.78 is 13.3. The van der Waals surface area contributed by atoms with Gasteiger partial charge in [-0.3, -0.25) is 0 Å². The molecule has 0 spiro atoms. The van der Waals surface area contributed by atoms with Gasteiger partial charge in [-0.25, -0.2) is 0 Å². The summed E-state index contributed by atoms with van der Waals surface area (Å²) in [6.07, 6.45) is 4.44. The summed E-state index contributed by atoms with van der Waals surface area (Å²) in [6.45, 7) is 0. The van der Waals surface area contributed by atoms with Crippen LogP contribution < -0.4 is 4.46 Å². The molecule has 2 rings (SSSR count). The van der Waals surface area contributed by atoms with E-state index in [1.165, 1.54) is 12.8 Å². The molecule has 1 nitrogen and oxygen atoms in total. The number of halogens is 1. The zero-order valence-corrected chi connectivity index (χ0v) is 11.0. The molecule has 1 aromatic rings. The molecule has 0 amide bonds. The summed E-state index contributed by atoms with van der Waals surface area (Å²) in [5, 5.41) is 0.126. The van der Waals surface area contributed by atoms with E-state index < -0.39 is 13.8 Å². The van der Waals surface area contributed by atoms with Crippen LogP contribution in [0, 0.1) is 0 Å². The second-order valence-corrected chi connectivity index (χ2v) is 8.02. The minimum atomic E-state index is -1.94. The van der Waals surface area contributed by atoms with Gasteiger partial charge in [-0.2, -0.15) is 0 Å². The van der Waals surface area contributed by atoms with Gasteiger partial charge >= 0.3 is 99.9 Å². The third-order valence-corrected chi connectivity index (χ3v) is 7.62. The molecule has 0 aliphatic heterocycles. The van der Waals surface area contributed by atoms with Crippen LogP contribution in [0.25, 0.3) is 0 Å². The second kappa shape index (κ2) is 5.25. The molecule has 82 valence electrons. The van der Waals surface area contributed by atoms with Gasteiger partial charge in [0.25, 0.3) is 0 Å². The molecule has 1 saturated carbocycles. The first-order valence-corrected chi connectivity index (χ1v) is 8.37. The Morgan fingerprint density at radius 1 is 1.13 bits per heavy atom. The van der Waals surface area contributed by atoms with Gasteiger partial charge in [-0.05, 0) is 0 Å². The van der Waals surface area contributed by atoms with Crippen molar-refractivity contribution in [3.63, 3.8) is 0 Å². The van der Waals surface area contributed by atoms with E-state index in [0.29, 0.717) is 0 Å². The summed E-state index contributed by atoms with van der Waals surface area (Å²) in [7, 11) is 0. The van der Waals surface area contributed by atoms with Crippen LogP contribution in [0.15, 0.2) is 30.3 Å². The minimum absolute atomic E-state index is 0.126. The van der Waals surface area contributed by atoms with Crippen molar-refractivity contribution >= 4 is 29.9 Å². The number of rotatable bonds is 2. The molecule has 1 aromatic carbocycles. The normalized spacial score (nSPS) is 28.6. The van der Waals surface area contributed by atoms with E-state index in [1.54, 1.807) is 0 Å². The van der Waals surface area contributed by atoms with Gasteiger partial charge in [-0.1, -0.05) is 0 Å². The second-order valence-electron chi connectivity index (χ2n) is 3.95. The van der Waals surface area contributed by atoms with Gasteiger partial charge in [0.2, 0.25) is 0 Å². The molecule has 1 fully saturated rings. The molecule has 0 aromatic heterocycles. The molecule has 0 saturated heterocycles. The fraction of sp³-hybridized carbons (Fsp3) is 0.500. The van der Waals surface area contributed by atoms with Crippen molar-refractivity contribution < 1.29 is 3.83 Å². The molecule has 15 heavy (non-hydrogen) atoms. The Bertz CT molecular complexity index is 339. The van der Waals surface area contributed by atoms with Crippen molar-refractivity contribution in [2.45, 2.75) is 35.9 Å². The van der Waals surface area contributed by atoms with Crippen LogP contribution in [0.4, 0.5) is 0 Å². The van der Waals surface area contributed by atoms with Gasteiger partial charge < -0.3 is 0 Å². The predicted molar refractivity (Wildman–Crippen MR) is 64.4 cm³/mol. The Kier molecular flexibility index (Phi) is 3.96. The van der Waals surface area contributed by atoms with Crippen molar-refractivity contribution in [2.75, 3.05) is 0 Å². The van der Waals surface area contributed by atoms with Crippen molar-refractivity contribution in [3.05, 3.63) is 30.3 Å². The molecule has 0 heterocycles. The van der Waals surface area contributed by atoms with Crippen LogP contribution in [0.2, 0.25) is 4.82 Å². The Morgan fingerprint density at radius 2 is 1.80 bits per heavy atom. The van der Waals surface area contributed by atoms with Crippen molar-refractivity contribution in [2.24, 2.45) is 0 Å². The third kappa shape index (κ3) is 2.69. The molecular formula is C12H15ClOSe. The Labute approximate surface area is 99.9 Å². The summed E-state index contributed by atoms with van der Waals surface area (Å²) >= 11 is 4.32. The Morgan fingerprint density at radius 3 is 2.47 bits per heavy atom. The van der Waals surface area contributed by atoms with E-state index in [1.807, 2.05) is 30.3 Å². The van der Waals surface area contributed by atoms with Gasteiger partial charge in [0.05, 0.1) is 0 Å². The average Bonchev–Trinajstić information content (AvgIpc) is 2.30. The first-order chi connectivity index (χ1) is 7.29. The van der Waals surface area contributed by atoms with Crippen LogP contribution in [0.1, 0.15) is 25.7 Å². The van der Waals surface area contributed by atoms with Gasteiger partial charge in [0.1, 0.15) is 0 Å². The van der Waals surface area contributed by atoms with E-state index in [-0.39, 0.29) is 10.2 Å². The quantitative estimate of drug-likeness (QED) is 0.604. The molecule has 3 heteroatoms. The van der Waals surface area contributed by atoms with Crippen molar-refractivity contribution in [1.82, 2.24) is 0 Å². The number of alkyl halides is 1. The molecule has 1 unspecified atom stereocenters. The summed E-state index contributed by atoms with van der Waals surface area (Å²) in [5.41, 5.74) is 0. The zero-order valence-electron chi connectivity index (χ0n) is 8.56. The summed E-state index contributed by atoms with van der Waals surface area (Å²) in [4.78, 5) is 0.239. The Hall–Kier alpha value is -0.171. The van der Waals surface area contributed by atoms with Crippen LogP contribution >= 0.6 is 11.6 Å². The van der Waals surface area contributed by atoms with Crippen LogP contribution in [-0.2, 0) is 3.83 Å². The molecule has 0 radical (unpaired) electrons. The number of hydrogen-bond acceptors (Lipinski definition) is 1. The van der Waals surface area contributed by atoms with Crippen LogP contribution in [0.3, 0.4) is 0 Å². The fourth-order valence-corrected chi connectivity index (χ4v) is 6.06. The molecule has 1 aliphatic carbocycles. The third-order valence-electron chi connectivity index (χ3n) is 2.87. The van der Waals surface area contributed by atoms with E-state index >= 15 is 0 Å².